The Morgan fingerprint density at radius 1 is 1.32 bits per heavy atom. The van der Waals surface area contributed by atoms with Gasteiger partial charge in [0.25, 0.3) is 5.91 Å². The van der Waals surface area contributed by atoms with E-state index in [0.717, 1.165) is 23.9 Å². The predicted octanol–water partition coefficient (Wildman–Crippen LogP) is 3.01. The molecule has 1 aliphatic carbocycles. The van der Waals surface area contributed by atoms with Crippen LogP contribution < -0.4 is 0 Å². The van der Waals surface area contributed by atoms with Crippen molar-refractivity contribution in [1.82, 2.24) is 19.9 Å². The summed E-state index contributed by atoms with van der Waals surface area (Å²) in [6.07, 6.45) is 4.53. The summed E-state index contributed by atoms with van der Waals surface area (Å²) in [6, 6.07) is 5.98. The van der Waals surface area contributed by atoms with Crippen LogP contribution in [0.5, 0.6) is 0 Å². The molecule has 0 aliphatic heterocycles. The molecule has 22 heavy (non-hydrogen) atoms. The van der Waals surface area contributed by atoms with E-state index < -0.39 is 0 Å². The Morgan fingerprint density at radius 3 is 2.68 bits per heavy atom. The van der Waals surface area contributed by atoms with Crippen LogP contribution in [-0.4, -0.2) is 38.9 Å². The Bertz CT molecular complexity index is 694. The number of carbonyl (C=O) groups is 1. The van der Waals surface area contributed by atoms with Gasteiger partial charge in [0.15, 0.2) is 0 Å². The lowest BCUT2D eigenvalue weighted by atomic mass is 9.75. The largest absolute Gasteiger partial charge is 0.339 e. The van der Waals surface area contributed by atoms with Crippen molar-refractivity contribution in [3.05, 3.63) is 23.8 Å². The van der Waals surface area contributed by atoms with Gasteiger partial charge in [0.1, 0.15) is 5.52 Å². The highest BCUT2D eigenvalue weighted by Crippen LogP contribution is 2.36. The first-order chi connectivity index (χ1) is 10.4. The molecule has 0 bridgehead atoms. The average molecular weight is 300 g/mol. The molecule has 5 heteroatoms. The second-order valence-electron chi connectivity index (χ2n) is 7.23. The molecule has 0 unspecified atom stereocenters. The Kier molecular flexibility index (Phi) is 3.67. The van der Waals surface area contributed by atoms with E-state index in [4.69, 9.17) is 0 Å². The van der Waals surface area contributed by atoms with Crippen LogP contribution in [0.3, 0.4) is 0 Å². The number of hydrogen-bond acceptors (Lipinski definition) is 3. The van der Waals surface area contributed by atoms with Crippen LogP contribution in [0.15, 0.2) is 18.2 Å². The van der Waals surface area contributed by atoms with Crippen molar-refractivity contribution >= 4 is 16.9 Å². The van der Waals surface area contributed by atoms with E-state index in [-0.39, 0.29) is 5.91 Å². The molecule has 1 saturated carbocycles. The summed E-state index contributed by atoms with van der Waals surface area (Å²) in [5, 5.41) is 8.08. The monoisotopic (exact) mass is 300 g/mol. The van der Waals surface area contributed by atoms with Crippen molar-refractivity contribution in [2.24, 2.45) is 12.5 Å². The van der Waals surface area contributed by atoms with Crippen molar-refractivity contribution in [3.8, 4) is 0 Å². The first-order valence-corrected chi connectivity index (χ1v) is 7.94. The van der Waals surface area contributed by atoms with Crippen LogP contribution in [0.25, 0.3) is 11.0 Å². The maximum absolute atomic E-state index is 12.7. The molecule has 2 aromatic rings. The summed E-state index contributed by atoms with van der Waals surface area (Å²) in [5.74, 6) is 0.0808. The minimum Gasteiger partial charge on any atom is -0.339 e. The summed E-state index contributed by atoms with van der Waals surface area (Å²) in [5.41, 5.74) is 2.82. The number of amides is 1. The minimum absolute atomic E-state index is 0.0808. The Labute approximate surface area is 131 Å². The standard InChI is InChI=1S/C17H24N4O/c1-17(2)9-7-13(8-10-17)20(3)16(22)12-5-6-15-14(11-12)18-19-21(15)4/h5-6,11,13H,7-10H2,1-4H3. The van der Waals surface area contributed by atoms with Crippen LogP contribution in [0.1, 0.15) is 49.9 Å². The molecule has 1 heterocycles. The molecule has 0 atom stereocenters. The van der Waals surface area contributed by atoms with Gasteiger partial charge >= 0.3 is 0 Å². The maximum atomic E-state index is 12.7. The number of benzene rings is 1. The van der Waals surface area contributed by atoms with Crippen LogP contribution in [0.4, 0.5) is 0 Å². The van der Waals surface area contributed by atoms with E-state index in [0.29, 0.717) is 17.0 Å². The van der Waals surface area contributed by atoms with Crippen LogP contribution in [-0.2, 0) is 7.05 Å². The van der Waals surface area contributed by atoms with Gasteiger partial charge in [-0.3, -0.25) is 4.79 Å². The highest BCUT2D eigenvalue weighted by atomic mass is 16.2. The smallest absolute Gasteiger partial charge is 0.253 e. The van der Waals surface area contributed by atoms with Gasteiger partial charge in [-0.1, -0.05) is 19.1 Å². The first kappa shape index (κ1) is 15.0. The Balaban J connectivity index is 1.77. The molecule has 0 spiro atoms. The van der Waals surface area contributed by atoms with Crippen LogP contribution >= 0.6 is 0 Å². The summed E-state index contributed by atoms with van der Waals surface area (Å²) in [6.45, 7) is 4.63. The van der Waals surface area contributed by atoms with E-state index in [2.05, 4.69) is 24.2 Å². The zero-order chi connectivity index (χ0) is 15.9. The Morgan fingerprint density at radius 2 is 2.00 bits per heavy atom. The lowest BCUT2D eigenvalue weighted by Gasteiger charge is -2.38. The van der Waals surface area contributed by atoms with E-state index in [1.165, 1.54) is 12.8 Å². The van der Waals surface area contributed by atoms with Crippen molar-refractivity contribution in [3.63, 3.8) is 0 Å². The highest BCUT2D eigenvalue weighted by Gasteiger charge is 2.30. The maximum Gasteiger partial charge on any atom is 0.253 e. The molecule has 118 valence electrons. The fraction of sp³-hybridized carbons (Fsp3) is 0.588. The van der Waals surface area contributed by atoms with E-state index in [9.17, 15) is 4.79 Å². The highest BCUT2D eigenvalue weighted by molar-refractivity contribution is 5.97. The third-order valence-electron chi connectivity index (χ3n) is 5.03. The molecule has 0 saturated heterocycles. The summed E-state index contributed by atoms with van der Waals surface area (Å²) >= 11 is 0. The number of carbonyl (C=O) groups excluding carboxylic acids is 1. The van der Waals surface area contributed by atoms with E-state index in [1.54, 1.807) is 4.68 Å². The topological polar surface area (TPSA) is 51.0 Å². The molecular formula is C17H24N4O. The van der Waals surface area contributed by atoms with Gasteiger partial charge in [0.05, 0.1) is 5.52 Å². The summed E-state index contributed by atoms with van der Waals surface area (Å²) < 4.78 is 1.72. The van der Waals surface area contributed by atoms with Gasteiger partial charge in [-0.15, -0.1) is 5.10 Å². The minimum atomic E-state index is 0.0808. The molecule has 1 aromatic heterocycles. The molecule has 1 aromatic carbocycles. The fourth-order valence-electron chi connectivity index (χ4n) is 3.31. The van der Waals surface area contributed by atoms with E-state index >= 15 is 0 Å². The average Bonchev–Trinajstić information content (AvgIpc) is 2.87. The lowest BCUT2D eigenvalue weighted by Crippen LogP contribution is -2.40. The molecule has 1 aliphatic rings. The van der Waals surface area contributed by atoms with Gasteiger partial charge in [-0.05, 0) is 49.3 Å². The zero-order valence-electron chi connectivity index (χ0n) is 13.8. The SMILES string of the molecule is CN(C(=O)c1ccc2c(c1)nnn2C)C1CCC(C)(C)CC1. The van der Waals surface area contributed by atoms with Crippen molar-refractivity contribution in [2.75, 3.05) is 7.05 Å². The van der Waals surface area contributed by atoms with Gasteiger partial charge in [-0.2, -0.15) is 0 Å². The first-order valence-electron chi connectivity index (χ1n) is 7.94. The molecule has 0 radical (unpaired) electrons. The van der Waals surface area contributed by atoms with E-state index in [1.807, 2.05) is 37.2 Å². The second-order valence-corrected chi connectivity index (χ2v) is 7.23. The Hall–Kier alpha value is -1.91. The molecule has 3 rings (SSSR count). The number of rotatable bonds is 2. The molecule has 1 amide bonds. The van der Waals surface area contributed by atoms with Crippen molar-refractivity contribution in [1.29, 1.82) is 0 Å². The number of aromatic nitrogens is 3. The van der Waals surface area contributed by atoms with Crippen LogP contribution in [0, 0.1) is 5.41 Å². The molecule has 5 nitrogen and oxygen atoms in total. The number of nitrogens with zero attached hydrogens (tertiary/aromatic N) is 4. The lowest BCUT2D eigenvalue weighted by molar-refractivity contribution is 0.0635. The number of fused-ring (bicyclic) bond motifs is 1. The van der Waals surface area contributed by atoms with Crippen LogP contribution in [0.2, 0.25) is 0 Å². The predicted molar refractivity (Wildman–Crippen MR) is 86.6 cm³/mol. The molecule has 0 N–H and O–H groups in total. The quantitative estimate of drug-likeness (QED) is 0.856. The molecule has 1 fully saturated rings. The normalized spacial score (nSPS) is 18.5. The number of hydrogen-bond donors (Lipinski definition) is 0. The third kappa shape index (κ3) is 2.72. The van der Waals surface area contributed by atoms with Crippen molar-refractivity contribution < 1.29 is 4.79 Å². The third-order valence-corrected chi connectivity index (χ3v) is 5.03. The summed E-state index contributed by atoms with van der Waals surface area (Å²) in [7, 11) is 3.78. The summed E-state index contributed by atoms with van der Waals surface area (Å²) in [4.78, 5) is 14.6. The van der Waals surface area contributed by atoms with Gasteiger partial charge < -0.3 is 4.90 Å². The van der Waals surface area contributed by atoms with Gasteiger partial charge in [0.2, 0.25) is 0 Å². The zero-order valence-corrected chi connectivity index (χ0v) is 13.8. The van der Waals surface area contributed by atoms with Gasteiger partial charge in [0, 0.05) is 25.7 Å². The van der Waals surface area contributed by atoms with Gasteiger partial charge in [-0.25, -0.2) is 4.68 Å². The molecular weight excluding hydrogens is 276 g/mol. The van der Waals surface area contributed by atoms with Crippen molar-refractivity contribution in [2.45, 2.75) is 45.6 Å². The fourth-order valence-corrected chi connectivity index (χ4v) is 3.31. The second kappa shape index (κ2) is 5.38. The number of aryl methyl sites for hydroxylation is 1.